The highest BCUT2D eigenvalue weighted by atomic mass is 19.4. The van der Waals surface area contributed by atoms with E-state index < -0.39 is 53.2 Å². The van der Waals surface area contributed by atoms with Gasteiger partial charge in [0.2, 0.25) is 0 Å². The lowest BCUT2D eigenvalue weighted by Crippen LogP contribution is -2.31. The number of halogens is 9. The predicted octanol–water partition coefficient (Wildman–Crippen LogP) is 12.0. The van der Waals surface area contributed by atoms with Crippen molar-refractivity contribution in [2.45, 2.75) is 82.8 Å². The number of rotatable bonds is 11. The van der Waals surface area contributed by atoms with Gasteiger partial charge in [0.05, 0.1) is 6.10 Å². The van der Waals surface area contributed by atoms with Crippen molar-refractivity contribution in [2.24, 2.45) is 0 Å². The fraction of sp³-hybridized carbons (Fsp3) is 0.351. The van der Waals surface area contributed by atoms with Crippen LogP contribution in [0, 0.1) is 23.3 Å². The lowest BCUT2D eigenvalue weighted by Gasteiger charge is -2.31. The topological polar surface area (TPSA) is 18.5 Å². The van der Waals surface area contributed by atoms with Crippen LogP contribution in [0.5, 0.6) is 5.75 Å². The lowest BCUT2D eigenvalue weighted by atomic mass is 9.82. The Morgan fingerprint density at radius 3 is 1.83 bits per heavy atom. The molecule has 0 spiro atoms. The number of ether oxygens (including phenoxy) is 2. The van der Waals surface area contributed by atoms with Crippen molar-refractivity contribution in [3.8, 4) is 28.0 Å². The van der Waals surface area contributed by atoms with Gasteiger partial charge in [-0.3, -0.25) is 0 Å². The first-order chi connectivity index (χ1) is 22.7. The molecule has 1 aliphatic rings. The smallest absolute Gasteiger partial charge is 0.403 e. The van der Waals surface area contributed by atoms with Crippen molar-refractivity contribution >= 4 is 0 Å². The van der Waals surface area contributed by atoms with E-state index in [1.807, 2.05) is 19.1 Å². The Labute approximate surface area is 272 Å². The minimum atomic E-state index is -5.07. The maximum absolute atomic E-state index is 15.0. The molecule has 0 heterocycles. The molecule has 0 atom stereocenters. The molecule has 0 amide bonds. The van der Waals surface area contributed by atoms with Gasteiger partial charge in [0, 0.05) is 5.56 Å². The zero-order valence-electron chi connectivity index (χ0n) is 26.0. The first-order valence-electron chi connectivity index (χ1n) is 15.7. The molecule has 0 bridgehead atoms. The molecule has 11 heteroatoms. The van der Waals surface area contributed by atoms with Gasteiger partial charge in [0.15, 0.2) is 11.6 Å². The Balaban J connectivity index is 1.19. The number of hydrogen-bond acceptors (Lipinski definition) is 2. The summed E-state index contributed by atoms with van der Waals surface area (Å²) in [5.74, 6) is -5.63. The monoisotopic (exact) mass is 680 g/mol. The van der Waals surface area contributed by atoms with Gasteiger partial charge in [0.25, 0.3) is 0 Å². The number of alkyl halides is 5. The van der Waals surface area contributed by atoms with E-state index in [0.717, 1.165) is 48.7 Å². The standard InChI is InChI=1S/C37H33F9O2/c1-2-3-4-5-22-18-32(40)35(33(41)19-22)36(42,43)47-28-14-10-24(11-15-28)23-6-8-25(9-7-23)26-12-16-29(30(38)20-26)27-13-17-34(31(39)21-27)48-37(44,45)46/h6-9,12-13,16-21,24,28H,2-5,10-11,14-15H2,1H3. The van der Waals surface area contributed by atoms with Crippen molar-refractivity contribution < 1.29 is 49.0 Å². The molecule has 48 heavy (non-hydrogen) atoms. The summed E-state index contributed by atoms with van der Waals surface area (Å²) < 4.78 is 134. The van der Waals surface area contributed by atoms with Crippen LogP contribution in [0.4, 0.5) is 39.5 Å². The third kappa shape index (κ3) is 8.53. The zero-order valence-corrected chi connectivity index (χ0v) is 26.0. The van der Waals surface area contributed by atoms with Crippen molar-refractivity contribution in [1.29, 1.82) is 0 Å². The summed E-state index contributed by atoms with van der Waals surface area (Å²) in [6, 6.07) is 16.1. The summed E-state index contributed by atoms with van der Waals surface area (Å²) in [5.41, 5.74) is 1.09. The van der Waals surface area contributed by atoms with Crippen LogP contribution < -0.4 is 4.74 Å². The van der Waals surface area contributed by atoms with Crippen molar-refractivity contribution in [3.63, 3.8) is 0 Å². The lowest BCUT2D eigenvalue weighted by molar-refractivity contribution is -0.280. The van der Waals surface area contributed by atoms with Gasteiger partial charge < -0.3 is 9.47 Å². The minimum absolute atomic E-state index is 0.0118. The SMILES string of the molecule is CCCCCc1cc(F)c(C(F)(F)OC2CCC(c3ccc(-c4ccc(-c5ccc(OC(F)(F)F)c(F)c5)c(F)c4)cc3)CC2)c(F)c1. The van der Waals surface area contributed by atoms with Crippen LogP contribution in [0.25, 0.3) is 22.3 Å². The fourth-order valence-corrected chi connectivity index (χ4v) is 6.16. The molecule has 0 radical (unpaired) electrons. The summed E-state index contributed by atoms with van der Waals surface area (Å²) in [5, 5.41) is 0. The number of aryl methyl sites for hydroxylation is 1. The van der Waals surface area contributed by atoms with Crippen LogP contribution in [0.3, 0.4) is 0 Å². The third-order valence-electron chi connectivity index (χ3n) is 8.60. The second-order valence-electron chi connectivity index (χ2n) is 12.0. The molecule has 2 nitrogen and oxygen atoms in total. The summed E-state index contributed by atoms with van der Waals surface area (Å²) in [4.78, 5) is 0. The van der Waals surface area contributed by atoms with Crippen LogP contribution in [-0.4, -0.2) is 12.5 Å². The molecule has 0 saturated heterocycles. The highest BCUT2D eigenvalue weighted by Crippen LogP contribution is 2.41. The van der Waals surface area contributed by atoms with Gasteiger partial charge in [-0.15, -0.1) is 13.2 Å². The average Bonchev–Trinajstić information content (AvgIpc) is 3.01. The van der Waals surface area contributed by atoms with Gasteiger partial charge in [-0.1, -0.05) is 62.2 Å². The Kier molecular flexibility index (Phi) is 10.8. The highest BCUT2D eigenvalue weighted by Gasteiger charge is 2.42. The van der Waals surface area contributed by atoms with Crippen LogP contribution in [0.1, 0.15) is 74.5 Å². The van der Waals surface area contributed by atoms with Gasteiger partial charge in [0.1, 0.15) is 23.0 Å². The van der Waals surface area contributed by atoms with Gasteiger partial charge in [-0.05, 0) is 103 Å². The molecule has 4 aromatic rings. The molecule has 1 saturated carbocycles. The van der Waals surface area contributed by atoms with E-state index in [0.29, 0.717) is 42.4 Å². The summed E-state index contributed by atoms with van der Waals surface area (Å²) in [6.07, 6.45) is -5.66. The summed E-state index contributed by atoms with van der Waals surface area (Å²) in [7, 11) is 0. The van der Waals surface area contributed by atoms with E-state index in [1.54, 1.807) is 18.2 Å². The average molecular weight is 681 g/mol. The van der Waals surface area contributed by atoms with Crippen LogP contribution in [0.2, 0.25) is 0 Å². The fourth-order valence-electron chi connectivity index (χ4n) is 6.16. The molecule has 0 aliphatic heterocycles. The minimum Gasteiger partial charge on any atom is -0.403 e. The zero-order chi connectivity index (χ0) is 34.6. The Hall–Kier alpha value is -3.99. The predicted molar refractivity (Wildman–Crippen MR) is 163 cm³/mol. The van der Waals surface area contributed by atoms with Crippen LogP contribution in [-0.2, 0) is 17.3 Å². The highest BCUT2D eigenvalue weighted by molar-refractivity contribution is 5.71. The molecular weight excluding hydrogens is 647 g/mol. The van der Waals surface area contributed by atoms with E-state index in [4.69, 9.17) is 4.74 Å². The van der Waals surface area contributed by atoms with Gasteiger partial charge in [-0.25, -0.2) is 17.6 Å². The first kappa shape index (κ1) is 35.3. The van der Waals surface area contributed by atoms with Crippen LogP contribution in [0.15, 0.2) is 72.8 Å². The maximum atomic E-state index is 15.0. The van der Waals surface area contributed by atoms with E-state index >= 15 is 4.39 Å². The molecular formula is C37H33F9O2. The number of benzene rings is 4. The molecule has 1 aliphatic carbocycles. The van der Waals surface area contributed by atoms with E-state index in [-0.39, 0.29) is 29.9 Å². The quantitative estimate of drug-likeness (QED) is 0.116. The molecule has 0 N–H and O–H groups in total. The van der Waals surface area contributed by atoms with Gasteiger partial charge in [-0.2, -0.15) is 8.78 Å². The molecule has 0 aromatic heterocycles. The van der Waals surface area contributed by atoms with Crippen molar-refractivity contribution in [2.75, 3.05) is 0 Å². The second kappa shape index (κ2) is 14.6. The molecule has 256 valence electrons. The van der Waals surface area contributed by atoms with E-state index in [1.165, 1.54) is 12.1 Å². The second-order valence-corrected chi connectivity index (χ2v) is 12.0. The van der Waals surface area contributed by atoms with E-state index in [2.05, 4.69) is 4.74 Å². The summed E-state index contributed by atoms with van der Waals surface area (Å²) in [6.45, 7) is 1.99. The number of unbranched alkanes of at least 4 members (excludes halogenated alkanes) is 2. The molecule has 1 fully saturated rings. The maximum Gasteiger partial charge on any atom is 0.573 e. The van der Waals surface area contributed by atoms with Gasteiger partial charge >= 0.3 is 12.5 Å². The molecule has 4 aromatic carbocycles. The first-order valence-corrected chi connectivity index (χ1v) is 15.7. The summed E-state index contributed by atoms with van der Waals surface area (Å²) >= 11 is 0. The normalized spacial score (nSPS) is 17.0. The Bertz CT molecular complexity index is 1690. The molecule has 5 rings (SSSR count). The van der Waals surface area contributed by atoms with Crippen molar-refractivity contribution in [1.82, 2.24) is 0 Å². The number of hydrogen-bond donors (Lipinski definition) is 0. The largest absolute Gasteiger partial charge is 0.573 e. The molecule has 0 unspecified atom stereocenters. The Morgan fingerprint density at radius 2 is 1.25 bits per heavy atom. The Morgan fingerprint density at radius 1 is 0.646 bits per heavy atom. The van der Waals surface area contributed by atoms with Crippen LogP contribution >= 0.6 is 0 Å². The van der Waals surface area contributed by atoms with E-state index in [9.17, 15) is 35.1 Å². The third-order valence-corrected chi connectivity index (χ3v) is 8.60. The van der Waals surface area contributed by atoms with Crippen molar-refractivity contribution in [3.05, 3.63) is 113 Å².